The minimum absolute atomic E-state index is 0.0689. The highest BCUT2D eigenvalue weighted by molar-refractivity contribution is 7.13. The predicted molar refractivity (Wildman–Crippen MR) is 86.7 cm³/mol. The molecule has 2 heterocycles. The zero-order chi connectivity index (χ0) is 17.4. The van der Waals surface area contributed by atoms with Crippen molar-refractivity contribution in [3.63, 3.8) is 0 Å². The second kappa shape index (κ2) is 8.82. The van der Waals surface area contributed by atoms with E-state index >= 15 is 0 Å². The maximum Gasteiger partial charge on any atom is 0.311 e. The summed E-state index contributed by atoms with van der Waals surface area (Å²) in [6.45, 7) is 2.22. The van der Waals surface area contributed by atoms with Crippen molar-refractivity contribution in [2.24, 2.45) is 0 Å². The van der Waals surface area contributed by atoms with Crippen LogP contribution in [0.1, 0.15) is 29.6 Å². The summed E-state index contributed by atoms with van der Waals surface area (Å²) in [5.41, 5.74) is 0.542. The number of anilines is 1. The van der Waals surface area contributed by atoms with Crippen LogP contribution in [0.4, 0.5) is 5.13 Å². The molecule has 128 valence electrons. The molecule has 0 saturated heterocycles. The van der Waals surface area contributed by atoms with E-state index in [4.69, 9.17) is 9.15 Å². The van der Waals surface area contributed by atoms with Gasteiger partial charge in [-0.3, -0.25) is 14.4 Å². The van der Waals surface area contributed by atoms with Gasteiger partial charge in [-0.15, -0.1) is 11.3 Å². The van der Waals surface area contributed by atoms with Gasteiger partial charge < -0.3 is 19.8 Å². The average molecular weight is 351 g/mol. The van der Waals surface area contributed by atoms with Crippen molar-refractivity contribution in [2.75, 3.05) is 18.5 Å². The maximum absolute atomic E-state index is 11.8. The second-order valence-electron chi connectivity index (χ2n) is 4.66. The summed E-state index contributed by atoms with van der Waals surface area (Å²) in [5, 5.41) is 7.28. The monoisotopic (exact) mass is 351 g/mol. The zero-order valence-electron chi connectivity index (χ0n) is 13.0. The van der Waals surface area contributed by atoms with Crippen LogP contribution in [-0.4, -0.2) is 35.9 Å². The Morgan fingerprint density at radius 3 is 2.92 bits per heavy atom. The van der Waals surface area contributed by atoms with Gasteiger partial charge in [0.1, 0.15) is 0 Å². The quantitative estimate of drug-likeness (QED) is 0.699. The standard InChI is InChI=1S/C15H17N3O5S/c1-2-22-13(20)8-10-9-24-15(17-10)18-12(19)5-6-16-14(21)11-4-3-7-23-11/h3-4,7,9H,2,5-6,8H2,1H3,(H,16,21)(H,17,18,19). The van der Waals surface area contributed by atoms with E-state index < -0.39 is 0 Å². The van der Waals surface area contributed by atoms with E-state index in [0.717, 1.165) is 0 Å². The highest BCUT2D eigenvalue weighted by atomic mass is 32.1. The van der Waals surface area contributed by atoms with E-state index in [-0.39, 0.29) is 42.9 Å². The molecular weight excluding hydrogens is 334 g/mol. The third-order valence-corrected chi connectivity index (χ3v) is 3.62. The molecule has 0 saturated carbocycles. The summed E-state index contributed by atoms with van der Waals surface area (Å²) in [5.74, 6) is -0.828. The van der Waals surface area contributed by atoms with E-state index in [1.54, 1.807) is 18.4 Å². The average Bonchev–Trinajstić information content (AvgIpc) is 3.19. The molecule has 2 N–H and O–H groups in total. The highest BCUT2D eigenvalue weighted by Crippen LogP contribution is 2.16. The number of esters is 1. The van der Waals surface area contributed by atoms with Crippen molar-refractivity contribution < 1.29 is 23.5 Å². The number of nitrogens with one attached hydrogen (secondary N) is 2. The molecule has 2 aromatic heterocycles. The minimum Gasteiger partial charge on any atom is -0.466 e. The molecule has 0 unspecified atom stereocenters. The van der Waals surface area contributed by atoms with Gasteiger partial charge in [0.25, 0.3) is 5.91 Å². The fourth-order valence-corrected chi connectivity index (χ4v) is 2.50. The normalized spacial score (nSPS) is 10.2. The molecular formula is C15H17N3O5S. The first kappa shape index (κ1) is 17.7. The highest BCUT2D eigenvalue weighted by Gasteiger charge is 2.12. The van der Waals surface area contributed by atoms with Crippen LogP contribution < -0.4 is 10.6 Å². The van der Waals surface area contributed by atoms with E-state index in [2.05, 4.69) is 15.6 Å². The lowest BCUT2D eigenvalue weighted by molar-refractivity contribution is -0.142. The van der Waals surface area contributed by atoms with Gasteiger partial charge in [0, 0.05) is 18.3 Å². The van der Waals surface area contributed by atoms with E-state index in [0.29, 0.717) is 17.4 Å². The van der Waals surface area contributed by atoms with Gasteiger partial charge in [0.15, 0.2) is 10.9 Å². The molecule has 0 aromatic carbocycles. The molecule has 0 aliphatic heterocycles. The fraction of sp³-hybridized carbons (Fsp3) is 0.333. The lowest BCUT2D eigenvalue weighted by Gasteiger charge is -2.03. The number of hydrogen-bond acceptors (Lipinski definition) is 7. The van der Waals surface area contributed by atoms with Gasteiger partial charge >= 0.3 is 5.97 Å². The Labute approximate surface area is 142 Å². The molecule has 9 heteroatoms. The Balaban J connectivity index is 1.71. The Kier molecular flexibility index (Phi) is 6.50. The smallest absolute Gasteiger partial charge is 0.311 e. The number of aromatic nitrogens is 1. The number of ether oxygens (including phenoxy) is 1. The Bertz CT molecular complexity index is 696. The van der Waals surface area contributed by atoms with Crippen molar-refractivity contribution in [2.45, 2.75) is 19.8 Å². The van der Waals surface area contributed by atoms with Gasteiger partial charge in [0.05, 0.1) is 25.0 Å². The first-order valence-electron chi connectivity index (χ1n) is 7.30. The third kappa shape index (κ3) is 5.51. The van der Waals surface area contributed by atoms with Crippen LogP contribution in [0.5, 0.6) is 0 Å². The number of thiazole rings is 1. The summed E-state index contributed by atoms with van der Waals surface area (Å²) >= 11 is 1.22. The van der Waals surface area contributed by atoms with Gasteiger partial charge in [-0.1, -0.05) is 0 Å². The number of rotatable bonds is 8. The Morgan fingerprint density at radius 1 is 1.38 bits per heavy atom. The van der Waals surface area contributed by atoms with Crippen LogP contribution in [0.25, 0.3) is 0 Å². The van der Waals surface area contributed by atoms with Gasteiger partial charge in [-0.25, -0.2) is 4.98 Å². The number of carbonyl (C=O) groups excluding carboxylic acids is 3. The molecule has 24 heavy (non-hydrogen) atoms. The molecule has 0 atom stereocenters. The lowest BCUT2D eigenvalue weighted by Crippen LogP contribution is -2.27. The summed E-state index contributed by atoms with van der Waals surface area (Å²) in [6, 6.07) is 3.15. The maximum atomic E-state index is 11.8. The van der Waals surface area contributed by atoms with Crippen LogP contribution in [0, 0.1) is 0 Å². The SMILES string of the molecule is CCOC(=O)Cc1csc(NC(=O)CCNC(=O)c2ccco2)n1. The number of nitrogens with zero attached hydrogens (tertiary/aromatic N) is 1. The predicted octanol–water partition coefficient (Wildman–Crippen LogP) is 1.60. The summed E-state index contributed by atoms with van der Waals surface area (Å²) < 4.78 is 9.77. The van der Waals surface area contributed by atoms with Crippen LogP contribution in [-0.2, 0) is 20.7 Å². The minimum atomic E-state index is -0.376. The molecule has 2 rings (SSSR count). The molecule has 2 amide bonds. The van der Waals surface area contributed by atoms with Crippen molar-refractivity contribution in [1.29, 1.82) is 0 Å². The van der Waals surface area contributed by atoms with Crippen molar-refractivity contribution in [3.05, 3.63) is 35.2 Å². The molecule has 0 bridgehead atoms. The largest absolute Gasteiger partial charge is 0.466 e. The van der Waals surface area contributed by atoms with Gasteiger partial charge in [0.2, 0.25) is 5.91 Å². The Hall–Kier alpha value is -2.68. The van der Waals surface area contributed by atoms with Gasteiger partial charge in [-0.2, -0.15) is 0 Å². The summed E-state index contributed by atoms with van der Waals surface area (Å²) in [6.07, 6.45) is 1.57. The van der Waals surface area contributed by atoms with Crippen LogP contribution in [0.3, 0.4) is 0 Å². The summed E-state index contributed by atoms with van der Waals surface area (Å²) in [4.78, 5) is 38.9. The summed E-state index contributed by atoms with van der Waals surface area (Å²) in [7, 11) is 0. The third-order valence-electron chi connectivity index (χ3n) is 2.81. The number of furan rings is 1. The lowest BCUT2D eigenvalue weighted by atomic mass is 10.3. The first-order chi connectivity index (χ1) is 11.6. The van der Waals surface area contributed by atoms with Crippen LogP contribution >= 0.6 is 11.3 Å². The molecule has 2 aromatic rings. The van der Waals surface area contributed by atoms with Crippen molar-refractivity contribution >= 4 is 34.3 Å². The molecule has 0 radical (unpaired) electrons. The molecule has 0 spiro atoms. The first-order valence-corrected chi connectivity index (χ1v) is 8.18. The van der Waals surface area contributed by atoms with Crippen LogP contribution in [0.15, 0.2) is 28.2 Å². The van der Waals surface area contributed by atoms with Crippen molar-refractivity contribution in [1.82, 2.24) is 10.3 Å². The van der Waals surface area contributed by atoms with E-state index in [1.165, 1.54) is 23.7 Å². The molecule has 8 nitrogen and oxygen atoms in total. The van der Waals surface area contributed by atoms with E-state index in [9.17, 15) is 14.4 Å². The fourth-order valence-electron chi connectivity index (χ4n) is 1.77. The van der Waals surface area contributed by atoms with Gasteiger partial charge in [-0.05, 0) is 19.1 Å². The molecule has 0 aliphatic rings. The number of hydrogen-bond donors (Lipinski definition) is 2. The van der Waals surface area contributed by atoms with Crippen LogP contribution in [0.2, 0.25) is 0 Å². The Morgan fingerprint density at radius 2 is 2.21 bits per heavy atom. The van der Waals surface area contributed by atoms with Crippen molar-refractivity contribution in [3.8, 4) is 0 Å². The molecule has 0 fully saturated rings. The number of carbonyl (C=O) groups is 3. The van der Waals surface area contributed by atoms with E-state index in [1.807, 2.05) is 0 Å². The second-order valence-corrected chi connectivity index (χ2v) is 5.52. The topological polar surface area (TPSA) is 111 Å². The molecule has 0 aliphatic carbocycles. The zero-order valence-corrected chi connectivity index (χ0v) is 13.9. The number of amides is 2.